The van der Waals surface area contributed by atoms with Gasteiger partial charge >= 0.3 is 0 Å². The first-order valence-electron chi connectivity index (χ1n) is 11.6. The Morgan fingerprint density at radius 3 is 2.00 bits per heavy atom. The van der Waals surface area contributed by atoms with Crippen LogP contribution in [0.1, 0.15) is 37.5 Å². The molecule has 5 heteroatoms. The Kier molecular flexibility index (Phi) is 14.5. The van der Waals surface area contributed by atoms with Crippen molar-refractivity contribution in [3.63, 3.8) is 0 Å². The number of nitrogens with zero attached hydrogens (tertiary/aromatic N) is 1. The molecule has 0 spiro atoms. The number of hydrogen-bond donors (Lipinski definition) is 4. The average molecular weight is 471 g/mol. The summed E-state index contributed by atoms with van der Waals surface area (Å²) in [6, 6.07) is 25.8. The van der Waals surface area contributed by atoms with Crippen LogP contribution in [-0.4, -0.2) is 16.3 Å². The summed E-state index contributed by atoms with van der Waals surface area (Å²) in [5.41, 5.74) is 11.1. The van der Waals surface area contributed by atoms with Gasteiger partial charge in [0.05, 0.1) is 5.52 Å². The van der Waals surface area contributed by atoms with Crippen molar-refractivity contribution >= 4 is 22.8 Å². The fraction of sp³-hybridized carbons (Fsp3) is 0.200. The number of hydrogen-bond acceptors (Lipinski definition) is 5. The van der Waals surface area contributed by atoms with Crippen molar-refractivity contribution in [1.82, 2.24) is 10.3 Å². The second-order valence-corrected chi connectivity index (χ2v) is 7.63. The molecule has 3 aromatic carbocycles. The number of nitrogens with one attached hydrogen (secondary N) is 2. The first-order valence-corrected chi connectivity index (χ1v) is 11.6. The van der Waals surface area contributed by atoms with Gasteiger partial charge in [-0.1, -0.05) is 72.3 Å². The van der Waals surface area contributed by atoms with Crippen LogP contribution >= 0.6 is 0 Å². The van der Waals surface area contributed by atoms with Crippen molar-refractivity contribution in [1.29, 1.82) is 5.41 Å². The molecule has 0 saturated heterocycles. The summed E-state index contributed by atoms with van der Waals surface area (Å²) in [6.07, 6.45) is 6.87. The number of pyridine rings is 1. The molecule has 0 unspecified atom stereocenters. The normalized spacial score (nSPS) is 9.71. The van der Waals surface area contributed by atoms with Crippen LogP contribution in [0.2, 0.25) is 0 Å². The number of fused-ring (bicyclic) bond motifs is 1. The van der Waals surface area contributed by atoms with Crippen molar-refractivity contribution < 1.29 is 5.11 Å². The quantitative estimate of drug-likeness (QED) is 0.190. The summed E-state index contributed by atoms with van der Waals surface area (Å²) < 4.78 is 0. The van der Waals surface area contributed by atoms with Gasteiger partial charge in [-0.05, 0) is 63.2 Å². The number of anilines is 1. The molecule has 0 aliphatic carbocycles. The highest BCUT2D eigenvalue weighted by Gasteiger charge is 1.98. The highest BCUT2D eigenvalue weighted by Crippen LogP contribution is 2.22. The Balaban J connectivity index is 0.000000283. The predicted molar refractivity (Wildman–Crippen MR) is 151 cm³/mol. The molecule has 0 amide bonds. The van der Waals surface area contributed by atoms with Gasteiger partial charge in [-0.15, -0.1) is 0 Å². The van der Waals surface area contributed by atoms with Crippen LogP contribution in [0.5, 0.6) is 5.75 Å². The van der Waals surface area contributed by atoms with E-state index in [4.69, 9.17) is 16.2 Å². The Bertz CT molecular complexity index is 1140. The van der Waals surface area contributed by atoms with Gasteiger partial charge in [-0.3, -0.25) is 4.98 Å². The van der Waals surface area contributed by atoms with E-state index in [9.17, 15) is 0 Å². The molecular formula is C30H38N4O. The van der Waals surface area contributed by atoms with Gasteiger partial charge in [-0.25, -0.2) is 0 Å². The van der Waals surface area contributed by atoms with Gasteiger partial charge in [0, 0.05) is 36.4 Å². The Morgan fingerprint density at radius 1 is 0.857 bits per heavy atom. The van der Waals surface area contributed by atoms with Crippen LogP contribution in [0.25, 0.3) is 10.9 Å². The number of phenolic OH excluding ortho intramolecular Hbond substituents is 1. The van der Waals surface area contributed by atoms with E-state index in [0.717, 1.165) is 24.0 Å². The summed E-state index contributed by atoms with van der Waals surface area (Å²) in [4.78, 5) is 4.06. The number of allylic oxidation sites excluding steroid dienone is 2. The van der Waals surface area contributed by atoms with Gasteiger partial charge in [-0.2, -0.15) is 0 Å². The van der Waals surface area contributed by atoms with Gasteiger partial charge in [0.1, 0.15) is 5.75 Å². The number of benzene rings is 3. The largest absolute Gasteiger partial charge is 0.508 e. The van der Waals surface area contributed by atoms with Crippen LogP contribution in [-0.2, 0) is 13.1 Å². The molecule has 0 aliphatic rings. The third-order valence-corrected chi connectivity index (χ3v) is 4.72. The van der Waals surface area contributed by atoms with E-state index in [1.165, 1.54) is 22.9 Å². The maximum Gasteiger partial charge on any atom is 0.117 e. The van der Waals surface area contributed by atoms with Crippen molar-refractivity contribution in [2.45, 2.75) is 40.8 Å². The summed E-state index contributed by atoms with van der Waals surface area (Å²) in [5, 5.41) is 19.5. The van der Waals surface area contributed by atoms with Crippen molar-refractivity contribution in [2.24, 2.45) is 0 Å². The standard InChI is InChI=1S/C15H17N.C9H8N2O.C4H8.C2H5N/c1-13-7-9-15(10-8-13)12-16-11-14-5-3-2-4-6-14;10-8-3-4-11-9-5-6(12)1-2-7(8)9;1-3-4-2;1-2-3/h2-10,16H,11-12H2,1H3;1-5,12H,(H2,10,11);3-4H,1-2H3;2-3H,1H3/b;;4-3-;. The summed E-state index contributed by atoms with van der Waals surface area (Å²) in [6.45, 7) is 9.63. The zero-order valence-electron chi connectivity index (χ0n) is 21.2. The number of aromatic nitrogens is 1. The molecule has 4 aromatic rings. The lowest BCUT2D eigenvalue weighted by Gasteiger charge is -2.05. The van der Waals surface area contributed by atoms with E-state index >= 15 is 0 Å². The molecule has 1 aromatic heterocycles. The molecule has 184 valence electrons. The Labute approximate surface area is 209 Å². The number of phenols is 1. The molecule has 0 atom stereocenters. The van der Waals surface area contributed by atoms with Crippen molar-refractivity contribution in [2.75, 3.05) is 5.73 Å². The lowest BCUT2D eigenvalue weighted by Crippen LogP contribution is -2.12. The van der Waals surface area contributed by atoms with E-state index in [0.29, 0.717) is 5.69 Å². The number of rotatable bonds is 4. The molecule has 5 nitrogen and oxygen atoms in total. The number of nitrogen functional groups attached to an aromatic ring is 1. The third-order valence-electron chi connectivity index (χ3n) is 4.72. The highest BCUT2D eigenvalue weighted by atomic mass is 16.3. The molecule has 0 saturated carbocycles. The molecule has 1 heterocycles. The smallest absolute Gasteiger partial charge is 0.117 e. The highest BCUT2D eigenvalue weighted by molar-refractivity contribution is 5.90. The van der Waals surface area contributed by atoms with E-state index < -0.39 is 0 Å². The van der Waals surface area contributed by atoms with Gasteiger partial charge in [0.15, 0.2) is 0 Å². The number of nitrogens with two attached hydrogens (primary N) is 1. The topological polar surface area (TPSA) is 95.0 Å². The van der Waals surface area contributed by atoms with Crippen LogP contribution in [0.3, 0.4) is 0 Å². The van der Waals surface area contributed by atoms with Gasteiger partial charge < -0.3 is 21.6 Å². The molecule has 0 bridgehead atoms. The van der Waals surface area contributed by atoms with Gasteiger partial charge in [0.25, 0.3) is 0 Å². The minimum Gasteiger partial charge on any atom is -0.508 e. The Morgan fingerprint density at radius 2 is 1.43 bits per heavy atom. The van der Waals surface area contributed by atoms with E-state index in [1.54, 1.807) is 37.4 Å². The van der Waals surface area contributed by atoms with Crippen LogP contribution < -0.4 is 11.1 Å². The van der Waals surface area contributed by atoms with Crippen LogP contribution in [0.4, 0.5) is 5.69 Å². The maximum atomic E-state index is 9.14. The monoisotopic (exact) mass is 470 g/mol. The van der Waals surface area contributed by atoms with Crippen LogP contribution in [0, 0.1) is 12.3 Å². The molecule has 4 rings (SSSR count). The van der Waals surface area contributed by atoms with E-state index in [1.807, 2.05) is 32.1 Å². The molecule has 0 radical (unpaired) electrons. The van der Waals surface area contributed by atoms with Crippen LogP contribution in [0.15, 0.2) is 97.2 Å². The SMILES string of the molecule is C/C=C\C.CC=N.Cc1ccc(CNCc2ccccc2)cc1.Nc1ccnc2cc(O)ccc12. The second kappa shape index (κ2) is 17.5. The second-order valence-electron chi connectivity index (χ2n) is 7.63. The molecular weight excluding hydrogens is 432 g/mol. The molecule has 5 N–H and O–H groups in total. The third kappa shape index (κ3) is 12.2. The molecule has 0 aliphatic heterocycles. The summed E-state index contributed by atoms with van der Waals surface area (Å²) in [7, 11) is 0. The minimum atomic E-state index is 0.209. The lowest BCUT2D eigenvalue weighted by atomic mass is 10.1. The first kappa shape index (κ1) is 29.1. The van der Waals surface area contributed by atoms with Crippen molar-refractivity contribution in [3.05, 3.63) is 114 Å². The molecule has 0 fully saturated rings. The number of aryl methyl sites for hydroxylation is 1. The van der Waals surface area contributed by atoms with E-state index in [-0.39, 0.29) is 5.75 Å². The zero-order valence-corrected chi connectivity index (χ0v) is 21.2. The number of aromatic hydroxyl groups is 1. The van der Waals surface area contributed by atoms with Crippen molar-refractivity contribution in [3.8, 4) is 5.75 Å². The lowest BCUT2D eigenvalue weighted by molar-refractivity contribution is 0.476. The fourth-order valence-corrected chi connectivity index (χ4v) is 2.81. The van der Waals surface area contributed by atoms with Gasteiger partial charge in [0.2, 0.25) is 0 Å². The summed E-state index contributed by atoms with van der Waals surface area (Å²) >= 11 is 0. The first-order chi connectivity index (χ1) is 16.9. The predicted octanol–water partition coefficient (Wildman–Crippen LogP) is 7.05. The molecule has 35 heavy (non-hydrogen) atoms. The fourth-order valence-electron chi connectivity index (χ4n) is 2.81. The zero-order chi connectivity index (χ0) is 25.9. The van der Waals surface area contributed by atoms with E-state index in [2.05, 4.69) is 65.8 Å². The minimum absolute atomic E-state index is 0.209. The average Bonchev–Trinajstić information content (AvgIpc) is 2.87. The maximum absolute atomic E-state index is 9.14. The Hall–Kier alpha value is -3.96. The summed E-state index contributed by atoms with van der Waals surface area (Å²) in [5.74, 6) is 0.209.